The molecule has 0 spiro atoms. The molecule has 26 heavy (non-hydrogen) atoms. The highest BCUT2D eigenvalue weighted by molar-refractivity contribution is 7.98. The van der Waals surface area contributed by atoms with Crippen molar-refractivity contribution in [1.82, 2.24) is 24.3 Å². The quantitative estimate of drug-likeness (QED) is 0.729. The Morgan fingerprint density at radius 3 is 2.96 bits per heavy atom. The number of piperidine rings is 1. The maximum absolute atomic E-state index is 13.0. The van der Waals surface area contributed by atoms with E-state index in [1.807, 2.05) is 35.7 Å². The molecule has 0 bridgehead atoms. The van der Waals surface area contributed by atoms with E-state index in [1.165, 1.54) is 11.8 Å². The summed E-state index contributed by atoms with van der Waals surface area (Å²) in [5.74, 6) is 1.47. The van der Waals surface area contributed by atoms with Crippen molar-refractivity contribution < 1.29 is 4.79 Å². The molecular formula is C19H27N5OS. The normalized spacial score (nSPS) is 17.7. The first-order chi connectivity index (χ1) is 12.6. The van der Waals surface area contributed by atoms with Crippen LogP contribution in [0.3, 0.4) is 0 Å². The van der Waals surface area contributed by atoms with Gasteiger partial charge in [-0.1, -0.05) is 0 Å². The van der Waals surface area contributed by atoms with Gasteiger partial charge in [-0.05, 0) is 45.3 Å². The Balaban J connectivity index is 1.74. The third-order valence-electron chi connectivity index (χ3n) is 4.80. The van der Waals surface area contributed by atoms with Crippen LogP contribution in [0.2, 0.25) is 0 Å². The topological polar surface area (TPSA) is 54.3 Å². The van der Waals surface area contributed by atoms with Crippen molar-refractivity contribution in [2.45, 2.75) is 30.3 Å². The molecule has 0 aliphatic carbocycles. The third kappa shape index (κ3) is 4.27. The van der Waals surface area contributed by atoms with E-state index in [1.54, 1.807) is 6.20 Å². The number of rotatable bonds is 6. The Kier molecular flexibility index (Phi) is 6.32. The highest BCUT2D eigenvalue weighted by atomic mass is 32.2. The standard InChI is InChI=1S/C19H27N5OS/c1-22(2)12-13-23-11-9-20-17(23)15-6-5-10-24(14-15)19(25)16-7-4-8-21-18(16)26-3/h4,7-9,11,15H,5-6,10,12-14H2,1-3H3/t15-/m0/s1. The van der Waals surface area contributed by atoms with Crippen LogP contribution >= 0.6 is 11.8 Å². The predicted octanol–water partition coefficient (Wildman–Crippen LogP) is 2.58. The summed E-state index contributed by atoms with van der Waals surface area (Å²) in [4.78, 5) is 26.1. The van der Waals surface area contributed by atoms with Gasteiger partial charge >= 0.3 is 0 Å². The molecule has 1 aliphatic heterocycles. The molecule has 2 aromatic rings. The summed E-state index contributed by atoms with van der Waals surface area (Å²) in [5.41, 5.74) is 0.705. The Morgan fingerprint density at radius 1 is 1.35 bits per heavy atom. The molecule has 1 fully saturated rings. The Hall–Kier alpha value is -1.86. The van der Waals surface area contributed by atoms with Gasteiger partial charge in [0, 0.05) is 50.7 Å². The first-order valence-electron chi connectivity index (χ1n) is 9.04. The average Bonchev–Trinajstić information content (AvgIpc) is 3.14. The number of nitrogens with zero attached hydrogens (tertiary/aromatic N) is 5. The van der Waals surface area contributed by atoms with Crippen molar-refractivity contribution >= 4 is 17.7 Å². The minimum Gasteiger partial charge on any atom is -0.338 e. The highest BCUT2D eigenvalue weighted by Gasteiger charge is 2.29. The maximum Gasteiger partial charge on any atom is 0.256 e. The number of hydrogen-bond donors (Lipinski definition) is 0. The molecule has 0 saturated carbocycles. The monoisotopic (exact) mass is 373 g/mol. The first kappa shape index (κ1) is 18.9. The van der Waals surface area contributed by atoms with Gasteiger partial charge in [0.1, 0.15) is 10.9 Å². The summed E-state index contributed by atoms with van der Waals surface area (Å²) in [6, 6.07) is 3.71. The second kappa shape index (κ2) is 8.68. The lowest BCUT2D eigenvalue weighted by atomic mass is 9.96. The number of hydrogen-bond acceptors (Lipinski definition) is 5. The lowest BCUT2D eigenvalue weighted by molar-refractivity contribution is 0.0699. The summed E-state index contributed by atoms with van der Waals surface area (Å²) in [6.07, 6.45) is 9.70. The van der Waals surface area contributed by atoms with E-state index in [9.17, 15) is 4.79 Å². The summed E-state index contributed by atoms with van der Waals surface area (Å²) in [6.45, 7) is 3.43. The summed E-state index contributed by atoms with van der Waals surface area (Å²) < 4.78 is 2.23. The molecular weight excluding hydrogens is 346 g/mol. The molecule has 1 saturated heterocycles. The van der Waals surface area contributed by atoms with E-state index >= 15 is 0 Å². The lowest BCUT2D eigenvalue weighted by Gasteiger charge is -2.33. The van der Waals surface area contributed by atoms with Crippen molar-refractivity contribution in [2.75, 3.05) is 40.0 Å². The third-order valence-corrected chi connectivity index (χ3v) is 5.52. The maximum atomic E-state index is 13.0. The number of carbonyl (C=O) groups is 1. The van der Waals surface area contributed by atoms with Crippen LogP contribution in [0.25, 0.3) is 0 Å². The van der Waals surface area contributed by atoms with Crippen molar-refractivity contribution in [2.24, 2.45) is 0 Å². The van der Waals surface area contributed by atoms with Crippen LogP contribution in [0.1, 0.15) is 34.9 Å². The Labute approximate surface area is 159 Å². The van der Waals surface area contributed by atoms with Crippen molar-refractivity contribution in [3.8, 4) is 0 Å². The minimum atomic E-state index is 0.0820. The van der Waals surface area contributed by atoms with Gasteiger partial charge in [-0.15, -0.1) is 11.8 Å². The number of thioether (sulfide) groups is 1. The number of aromatic nitrogens is 3. The molecule has 3 heterocycles. The number of likely N-dealkylation sites (N-methyl/N-ethyl adjacent to an activating group) is 1. The van der Waals surface area contributed by atoms with Crippen LogP contribution in [-0.4, -0.2) is 70.2 Å². The second-order valence-electron chi connectivity index (χ2n) is 6.93. The number of carbonyl (C=O) groups excluding carboxylic acids is 1. The number of imidazole rings is 1. The Bertz CT molecular complexity index is 745. The van der Waals surface area contributed by atoms with Crippen LogP contribution in [0.4, 0.5) is 0 Å². The second-order valence-corrected chi connectivity index (χ2v) is 7.73. The molecule has 6 nitrogen and oxygen atoms in total. The predicted molar refractivity (Wildman–Crippen MR) is 105 cm³/mol. The molecule has 7 heteroatoms. The van der Waals surface area contributed by atoms with Crippen molar-refractivity contribution in [1.29, 1.82) is 0 Å². The molecule has 0 radical (unpaired) electrons. The van der Waals surface area contributed by atoms with Crippen LogP contribution in [0, 0.1) is 0 Å². The molecule has 1 amide bonds. The SMILES string of the molecule is CSc1ncccc1C(=O)N1CCC[C@H](c2nccn2CCN(C)C)C1. The van der Waals surface area contributed by atoms with Crippen molar-refractivity contribution in [3.63, 3.8) is 0 Å². The van der Waals surface area contributed by atoms with Gasteiger partial charge < -0.3 is 14.4 Å². The van der Waals surface area contributed by atoms with Gasteiger partial charge in [-0.3, -0.25) is 4.79 Å². The Morgan fingerprint density at radius 2 is 2.19 bits per heavy atom. The summed E-state index contributed by atoms with van der Waals surface area (Å²) in [7, 11) is 4.16. The van der Waals surface area contributed by atoms with Gasteiger partial charge in [-0.25, -0.2) is 9.97 Å². The van der Waals surface area contributed by atoms with E-state index in [2.05, 4.69) is 33.5 Å². The molecule has 2 aromatic heterocycles. The average molecular weight is 374 g/mol. The molecule has 3 rings (SSSR count). The van der Waals surface area contributed by atoms with Gasteiger partial charge in [0.2, 0.25) is 0 Å². The smallest absolute Gasteiger partial charge is 0.256 e. The first-order valence-corrected chi connectivity index (χ1v) is 10.3. The van der Waals surface area contributed by atoms with E-state index in [0.29, 0.717) is 11.5 Å². The number of likely N-dealkylation sites (tertiary alicyclic amines) is 1. The van der Waals surface area contributed by atoms with Crippen LogP contribution in [0.15, 0.2) is 35.7 Å². The molecule has 0 aromatic carbocycles. The molecule has 140 valence electrons. The van der Waals surface area contributed by atoms with E-state index in [0.717, 1.165) is 49.9 Å². The van der Waals surface area contributed by atoms with Gasteiger partial charge in [0.25, 0.3) is 5.91 Å². The fraction of sp³-hybridized carbons (Fsp3) is 0.526. The van der Waals surface area contributed by atoms with Crippen LogP contribution < -0.4 is 0 Å². The highest BCUT2D eigenvalue weighted by Crippen LogP contribution is 2.28. The summed E-state index contributed by atoms with van der Waals surface area (Å²) >= 11 is 1.52. The van der Waals surface area contributed by atoms with Crippen molar-refractivity contribution in [3.05, 3.63) is 42.1 Å². The molecule has 1 atom stereocenters. The zero-order valence-electron chi connectivity index (χ0n) is 15.8. The van der Waals surface area contributed by atoms with E-state index in [-0.39, 0.29) is 5.91 Å². The van der Waals surface area contributed by atoms with Gasteiger partial charge in [-0.2, -0.15) is 0 Å². The van der Waals surface area contributed by atoms with Gasteiger partial charge in [0.15, 0.2) is 0 Å². The molecule has 0 N–H and O–H groups in total. The zero-order valence-corrected chi connectivity index (χ0v) is 16.6. The van der Waals surface area contributed by atoms with E-state index < -0.39 is 0 Å². The summed E-state index contributed by atoms with van der Waals surface area (Å²) in [5, 5.41) is 0.798. The van der Waals surface area contributed by atoms with Crippen LogP contribution in [0.5, 0.6) is 0 Å². The molecule has 0 unspecified atom stereocenters. The van der Waals surface area contributed by atoms with Crippen LogP contribution in [-0.2, 0) is 6.54 Å². The number of amides is 1. The zero-order chi connectivity index (χ0) is 18.5. The lowest BCUT2D eigenvalue weighted by Crippen LogP contribution is -2.40. The molecule has 1 aliphatic rings. The number of pyridine rings is 1. The fourth-order valence-electron chi connectivity index (χ4n) is 3.44. The minimum absolute atomic E-state index is 0.0820. The fourth-order valence-corrected chi connectivity index (χ4v) is 3.98. The van der Waals surface area contributed by atoms with E-state index in [4.69, 9.17) is 0 Å². The largest absolute Gasteiger partial charge is 0.338 e. The van der Waals surface area contributed by atoms with Gasteiger partial charge in [0.05, 0.1) is 5.56 Å².